The van der Waals surface area contributed by atoms with E-state index in [2.05, 4.69) is 107 Å². The molecule has 0 aromatic rings. The molecule has 28 heavy (non-hydrogen) atoms. The van der Waals surface area contributed by atoms with E-state index in [4.69, 9.17) is 20.4 Å². The van der Waals surface area contributed by atoms with Gasteiger partial charge in [-0.05, 0) is 74.0 Å². The van der Waals surface area contributed by atoms with E-state index in [1.807, 2.05) is 0 Å². The van der Waals surface area contributed by atoms with Gasteiger partial charge >= 0.3 is 33.0 Å². The molecule has 0 saturated heterocycles. The maximum absolute atomic E-state index is 4.70. The second kappa shape index (κ2) is 19.0. The van der Waals surface area contributed by atoms with E-state index in [1.165, 1.54) is 0 Å². The number of hydrogen-bond donors (Lipinski definition) is 0. The topological polar surface area (TPSA) is 0 Å². The second-order valence-corrected chi connectivity index (χ2v) is 15.9. The Labute approximate surface area is 205 Å². The minimum absolute atomic E-state index is 0. The van der Waals surface area contributed by atoms with Gasteiger partial charge in [-0.1, -0.05) is 71.2 Å². The zero-order valence-electron chi connectivity index (χ0n) is 18.2. The first-order valence-electron chi connectivity index (χ1n) is 9.49. The van der Waals surface area contributed by atoms with Crippen LogP contribution in [0.4, 0.5) is 0 Å². The fraction of sp³-hybridized carbons (Fsp3) is 0.545. The summed E-state index contributed by atoms with van der Waals surface area (Å²) in [6, 6.07) is 0. The monoisotopic (exact) mass is 546 g/mol. The van der Waals surface area contributed by atoms with E-state index >= 15 is 0 Å². The Morgan fingerprint density at radius 2 is 0.750 bits per heavy atom. The fourth-order valence-corrected chi connectivity index (χ4v) is 9.26. The summed E-state index contributed by atoms with van der Waals surface area (Å²) in [6.07, 6.45) is 17.7. The van der Waals surface area contributed by atoms with Crippen LogP contribution >= 0.6 is 36.2 Å². The van der Waals surface area contributed by atoms with Crippen LogP contribution in [0.25, 0.3) is 0 Å². The minimum Gasteiger partial charge on any atom is 0 e. The van der Waals surface area contributed by atoms with Crippen LogP contribution < -0.4 is 0 Å². The van der Waals surface area contributed by atoms with Crippen molar-refractivity contribution >= 4 is 36.2 Å². The van der Waals surface area contributed by atoms with Crippen molar-refractivity contribution in [1.82, 2.24) is 0 Å². The maximum atomic E-state index is 4.70. The van der Waals surface area contributed by atoms with Crippen LogP contribution in [0.2, 0.25) is 0 Å². The Kier molecular flexibility index (Phi) is 22.1. The van der Waals surface area contributed by atoms with Crippen LogP contribution in [0.15, 0.2) is 0 Å². The molecule has 0 aromatic heterocycles. The molecule has 2 rings (SSSR count). The molecule has 0 atom stereocenters. The molecule has 0 amide bonds. The predicted octanol–water partition coefficient (Wildman–Crippen LogP) is 8.67. The summed E-state index contributed by atoms with van der Waals surface area (Å²) in [4.78, 5) is 0. The van der Waals surface area contributed by atoms with Gasteiger partial charge in [0.25, 0.3) is 0 Å². The average Bonchev–Trinajstić information content (AvgIpc) is 3.21. The molecule has 2 aliphatic carbocycles. The van der Waals surface area contributed by atoms with E-state index in [0.29, 0.717) is 12.7 Å². The van der Waals surface area contributed by atoms with Gasteiger partial charge < -0.3 is 0 Å². The van der Waals surface area contributed by atoms with Crippen molar-refractivity contribution in [2.45, 2.75) is 78.0 Å². The van der Waals surface area contributed by atoms with Gasteiger partial charge in [-0.15, -0.1) is 0 Å². The molecular weight excluding hydrogens is 512 g/mol. The third kappa shape index (κ3) is 13.1. The molecule has 0 bridgehead atoms. The van der Waals surface area contributed by atoms with E-state index in [1.54, 1.807) is 11.3 Å². The molecular formula is C22H36Cl2FeNiP2. The van der Waals surface area contributed by atoms with Gasteiger partial charge in [-0.25, -0.2) is 0 Å². The zero-order valence-corrected chi connectivity index (χ0v) is 23.6. The average molecular weight is 548 g/mol. The number of rotatable bonds is 6. The Morgan fingerprint density at radius 1 is 0.571 bits per heavy atom. The summed E-state index contributed by atoms with van der Waals surface area (Å²) < 4.78 is 0. The van der Waals surface area contributed by atoms with E-state index in [9.17, 15) is 0 Å². The molecule has 0 spiro atoms. The molecule has 6 heteroatoms. The van der Waals surface area contributed by atoms with Crippen molar-refractivity contribution in [3.05, 3.63) is 62.7 Å². The van der Waals surface area contributed by atoms with Crippen LogP contribution in [0, 0.1) is 62.7 Å². The third-order valence-corrected chi connectivity index (χ3v) is 10.4. The molecule has 0 nitrogen and oxygen atoms in total. The van der Waals surface area contributed by atoms with Crippen molar-refractivity contribution in [2.75, 3.05) is 0 Å². The summed E-state index contributed by atoms with van der Waals surface area (Å²) in [5, 5.41) is 0. The first-order chi connectivity index (χ1) is 12.7. The molecule has 10 radical (unpaired) electrons. The second-order valence-electron chi connectivity index (χ2n) is 7.52. The molecule has 0 aliphatic heterocycles. The first kappa shape index (κ1) is 32.6. The van der Waals surface area contributed by atoms with Crippen molar-refractivity contribution in [3.63, 3.8) is 0 Å². The van der Waals surface area contributed by atoms with Crippen molar-refractivity contribution in [1.29, 1.82) is 0 Å². The van der Waals surface area contributed by atoms with Gasteiger partial charge in [0.2, 0.25) is 0 Å². The Hall–Kier alpha value is 2.45. The van der Waals surface area contributed by atoms with Crippen LogP contribution in [0.3, 0.4) is 0 Å². The number of hydrogen-bond acceptors (Lipinski definition) is 0. The summed E-state index contributed by atoms with van der Waals surface area (Å²) >= 11 is 0.569. The molecule has 166 valence electrons. The minimum atomic E-state index is 0. The molecule has 2 saturated carbocycles. The quantitative estimate of drug-likeness (QED) is 0.230. The molecule has 2 fully saturated rings. The Morgan fingerprint density at radius 3 is 0.893 bits per heavy atom. The summed E-state index contributed by atoms with van der Waals surface area (Å²) in [7, 11) is 9.53. The molecule has 2 aliphatic rings. The molecule has 0 heterocycles. The van der Waals surface area contributed by atoms with E-state index in [0.717, 1.165) is 22.6 Å². The van der Waals surface area contributed by atoms with Crippen LogP contribution in [0.5, 0.6) is 0 Å². The SMILES string of the molecule is CC(C)P([C]1[CH][CH][CH][CH]1)C(C)C.CC(C)P([C]1[CH][CH][CH][CH]1)C(C)C.[Cl][Ni][Cl].[Fe]. The van der Waals surface area contributed by atoms with Crippen molar-refractivity contribution in [3.8, 4) is 0 Å². The Balaban J connectivity index is 0. The van der Waals surface area contributed by atoms with Crippen LogP contribution in [-0.4, -0.2) is 22.6 Å². The van der Waals surface area contributed by atoms with Crippen LogP contribution in [0.1, 0.15) is 55.4 Å². The van der Waals surface area contributed by atoms with Crippen molar-refractivity contribution < 1.29 is 29.7 Å². The molecule has 0 N–H and O–H groups in total. The standard InChI is InChI=1S/2C11H18P.2ClH.Fe.Ni/c2*1-9(2)12(10(3)4)11-7-5-6-8-11;;;;/h2*5-10H,1-4H3;2*1H;;/q;;;;;+2/p-2. The van der Waals surface area contributed by atoms with Crippen molar-refractivity contribution in [2.24, 2.45) is 0 Å². The van der Waals surface area contributed by atoms with Gasteiger partial charge in [0.05, 0.1) is 0 Å². The maximum Gasteiger partial charge on any atom is 0 e. The summed E-state index contributed by atoms with van der Waals surface area (Å²) in [5.74, 6) is 0. The molecule has 0 aromatic carbocycles. The van der Waals surface area contributed by atoms with Gasteiger partial charge in [-0.2, -0.15) is 0 Å². The van der Waals surface area contributed by atoms with Gasteiger partial charge in [0.1, 0.15) is 0 Å². The zero-order chi connectivity index (χ0) is 21.0. The van der Waals surface area contributed by atoms with Gasteiger partial charge in [0, 0.05) is 28.4 Å². The fourth-order valence-electron chi connectivity index (χ4n) is 3.46. The summed E-state index contributed by atoms with van der Waals surface area (Å²) in [6.45, 7) is 18.7. The predicted molar refractivity (Wildman–Crippen MR) is 127 cm³/mol. The smallest absolute Gasteiger partial charge is 0 e. The summed E-state index contributed by atoms with van der Waals surface area (Å²) in [5.41, 5.74) is 6.36. The third-order valence-electron chi connectivity index (χ3n) is 4.11. The van der Waals surface area contributed by atoms with Gasteiger partial charge in [-0.3, -0.25) is 0 Å². The first-order valence-corrected chi connectivity index (χ1v) is 15.2. The van der Waals surface area contributed by atoms with E-state index < -0.39 is 0 Å². The normalized spacial score (nSPS) is 18.1. The van der Waals surface area contributed by atoms with E-state index in [-0.39, 0.29) is 32.9 Å². The largest absolute Gasteiger partial charge is 0 e. The van der Waals surface area contributed by atoms with Gasteiger partial charge in [0.15, 0.2) is 0 Å². The molecule has 0 unspecified atom stereocenters. The van der Waals surface area contributed by atoms with Crippen LogP contribution in [-0.2, 0) is 29.7 Å². The number of halogens is 2. The Bertz CT molecular complexity index is 297.